The maximum atomic E-state index is 13.2. The first-order valence-corrected chi connectivity index (χ1v) is 10.9. The predicted molar refractivity (Wildman–Crippen MR) is 117 cm³/mol. The van der Waals surface area contributed by atoms with Crippen molar-refractivity contribution in [3.8, 4) is 11.6 Å². The summed E-state index contributed by atoms with van der Waals surface area (Å²) in [6.07, 6.45) is 1.63. The van der Waals surface area contributed by atoms with E-state index in [4.69, 9.17) is 4.74 Å². The standard InChI is InChI=1S/C22H22N2O6S/c25-13-7-8-14-30-21-19(15-17-9-3-1-4-10-17)20(26)23(16-31(28)29)22(27)24(21)18-11-5-2-6-12-18/h1-6,9-13H,7-8,14-16H2,(H,28,29). The molecule has 2 aromatic carbocycles. The zero-order valence-corrected chi connectivity index (χ0v) is 17.5. The van der Waals surface area contributed by atoms with E-state index in [1.165, 1.54) is 4.57 Å². The lowest BCUT2D eigenvalue weighted by molar-refractivity contribution is -0.108. The molecule has 0 spiro atoms. The van der Waals surface area contributed by atoms with Crippen LogP contribution in [0.5, 0.6) is 5.88 Å². The zero-order chi connectivity index (χ0) is 22.2. The molecule has 0 aliphatic heterocycles. The maximum Gasteiger partial charge on any atom is 0.339 e. The third-order valence-electron chi connectivity index (χ3n) is 4.57. The number of rotatable bonds is 10. The average molecular weight is 442 g/mol. The molecule has 31 heavy (non-hydrogen) atoms. The normalized spacial score (nSPS) is 11.8. The molecular formula is C22H22N2O6S. The van der Waals surface area contributed by atoms with E-state index in [0.717, 1.165) is 16.4 Å². The number of aromatic nitrogens is 2. The lowest BCUT2D eigenvalue weighted by Crippen LogP contribution is -2.42. The number of hydrogen-bond acceptors (Lipinski definition) is 5. The maximum absolute atomic E-state index is 13.2. The number of unbranched alkanes of at least 4 members (excludes halogenated alkanes) is 1. The Morgan fingerprint density at radius 1 is 1.00 bits per heavy atom. The van der Waals surface area contributed by atoms with Crippen molar-refractivity contribution in [2.75, 3.05) is 6.61 Å². The Morgan fingerprint density at radius 3 is 2.26 bits per heavy atom. The van der Waals surface area contributed by atoms with Crippen molar-refractivity contribution in [1.82, 2.24) is 9.13 Å². The minimum atomic E-state index is -2.40. The van der Waals surface area contributed by atoms with Gasteiger partial charge in [-0.15, -0.1) is 0 Å². The molecule has 1 N–H and O–H groups in total. The lowest BCUT2D eigenvalue weighted by Gasteiger charge is -2.19. The number of carbonyl (C=O) groups excluding carboxylic acids is 1. The van der Waals surface area contributed by atoms with Crippen molar-refractivity contribution in [3.63, 3.8) is 0 Å². The fraction of sp³-hybridized carbons (Fsp3) is 0.227. The Labute approximate surface area is 181 Å². The number of hydrogen-bond donors (Lipinski definition) is 1. The summed E-state index contributed by atoms with van der Waals surface area (Å²) in [4.78, 5) is 37.0. The second-order valence-electron chi connectivity index (χ2n) is 6.74. The summed E-state index contributed by atoms with van der Waals surface area (Å²) in [5.41, 5.74) is -0.0160. The molecule has 0 fully saturated rings. The van der Waals surface area contributed by atoms with E-state index in [2.05, 4.69) is 0 Å². The van der Waals surface area contributed by atoms with Gasteiger partial charge >= 0.3 is 5.69 Å². The van der Waals surface area contributed by atoms with Gasteiger partial charge in [0.15, 0.2) is 11.1 Å². The van der Waals surface area contributed by atoms with Gasteiger partial charge in [-0.2, -0.15) is 0 Å². The molecule has 1 aromatic heterocycles. The number of para-hydroxylation sites is 1. The van der Waals surface area contributed by atoms with Gasteiger partial charge in [0.25, 0.3) is 5.56 Å². The predicted octanol–water partition coefficient (Wildman–Crippen LogP) is 2.13. The molecule has 0 radical (unpaired) electrons. The van der Waals surface area contributed by atoms with E-state index < -0.39 is 28.2 Å². The Balaban J connectivity index is 2.26. The second-order valence-corrected chi connectivity index (χ2v) is 7.64. The molecule has 0 saturated carbocycles. The third kappa shape index (κ3) is 5.44. The van der Waals surface area contributed by atoms with Gasteiger partial charge in [-0.1, -0.05) is 48.5 Å². The molecule has 162 valence electrons. The van der Waals surface area contributed by atoms with Gasteiger partial charge in [0.1, 0.15) is 12.2 Å². The van der Waals surface area contributed by atoms with E-state index in [9.17, 15) is 23.1 Å². The topological polar surface area (TPSA) is 108 Å². The Hall–Kier alpha value is -3.30. The van der Waals surface area contributed by atoms with Crippen LogP contribution in [0.2, 0.25) is 0 Å². The van der Waals surface area contributed by atoms with Crippen molar-refractivity contribution in [2.45, 2.75) is 25.1 Å². The van der Waals surface area contributed by atoms with E-state index >= 15 is 0 Å². The highest BCUT2D eigenvalue weighted by molar-refractivity contribution is 7.78. The van der Waals surface area contributed by atoms with Gasteiger partial charge in [-0.05, 0) is 24.1 Å². The molecule has 0 aliphatic rings. The van der Waals surface area contributed by atoms with Crippen LogP contribution in [0, 0.1) is 0 Å². The Bertz CT molecular complexity index is 1170. The van der Waals surface area contributed by atoms with Crippen molar-refractivity contribution in [2.24, 2.45) is 0 Å². The van der Waals surface area contributed by atoms with Gasteiger partial charge in [-0.25, -0.2) is 18.1 Å². The smallest absolute Gasteiger partial charge is 0.339 e. The molecule has 1 unspecified atom stereocenters. The first-order valence-electron chi connectivity index (χ1n) is 9.65. The summed E-state index contributed by atoms with van der Waals surface area (Å²) in [5.74, 6) is -0.589. The van der Waals surface area contributed by atoms with Crippen molar-refractivity contribution < 1.29 is 18.3 Å². The summed E-state index contributed by atoms with van der Waals surface area (Å²) in [5, 5.41) is 0. The molecule has 0 bridgehead atoms. The quantitative estimate of drug-likeness (QED) is 0.293. The van der Waals surface area contributed by atoms with Gasteiger partial charge in [0.05, 0.1) is 17.9 Å². The minimum absolute atomic E-state index is 0.0657. The summed E-state index contributed by atoms with van der Waals surface area (Å²) in [6, 6.07) is 17.8. The van der Waals surface area contributed by atoms with E-state index in [1.54, 1.807) is 30.3 Å². The van der Waals surface area contributed by atoms with Gasteiger partial charge in [0, 0.05) is 12.8 Å². The number of aldehydes is 1. The highest BCUT2D eigenvalue weighted by Crippen LogP contribution is 2.21. The van der Waals surface area contributed by atoms with Crippen LogP contribution in [-0.4, -0.2) is 30.8 Å². The summed E-state index contributed by atoms with van der Waals surface area (Å²) in [7, 11) is 0. The lowest BCUT2D eigenvalue weighted by atomic mass is 10.1. The second kappa shape index (κ2) is 10.6. The van der Waals surface area contributed by atoms with Crippen LogP contribution in [0.15, 0.2) is 70.3 Å². The summed E-state index contributed by atoms with van der Waals surface area (Å²) < 4.78 is 28.7. The first-order chi connectivity index (χ1) is 15.0. The largest absolute Gasteiger partial charge is 0.478 e. The molecule has 1 heterocycles. The number of benzene rings is 2. The molecule has 1 atom stereocenters. The average Bonchev–Trinajstić information content (AvgIpc) is 2.78. The molecular weight excluding hydrogens is 420 g/mol. The van der Waals surface area contributed by atoms with Crippen molar-refractivity contribution in [1.29, 1.82) is 0 Å². The molecule has 0 amide bonds. The monoisotopic (exact) mass is 442 g/mol. The molecule has 0 aliphatic carbocycles. The molecule has 3 rings (SSSR count). The summed E-state index contributed by atoms with van der Waals surface area (Å²) >= 11 is -2.40. The van der Waals surface area contributed by atoms with Crippen LogP contribution in [0.4, 0.5) is 0 Å². The Kier molecular flexibility index (Phi) is 7.69. The highest BCUT2D eigenvalue weighted by atomic mass is 32.2. The van der Waals surface area contributed by atoms with Crippen LogP contribution in [0.25, 0.3) is 5.69 Å². The molecule has 9 heteroatoms. The van der Waals surface area contributed by atoms with Gasteiger partial charge < -0.3 is 14.1 Å². The third-order valence-corrected chi connectivity index (χ3v) is 5.05. The van der Waals surface area contributed by atoms with Gasteiger partial charge in [0.2, 0.25) is 5.88 Å². The van der Waals surface area contributed by atoms with Crippen LogP contribution in [-0.2, 0) is 28.2 Å². The van der Waals surface area contributed by atoms with Crippen molar-refractivity contribution in [3.05, 3.63) is 92.6 Å². The van der Waals surface area contributed by atoms with Crippen LogP contribution in [0.1, 0.15) is 24.0 Å². The van der Waals surface area contributed by atoms with E-state index in [1.807, 2.05) is 30.3 Å². The molecule has 8 nitrogen and oxygen atoms in total. The number of nitrogens with zero attached hydrogens (tertiary/aromatic N) is 2. The summed E-state index contributed by atoms with van der Waals surface area (Å²) in [6.45, 7) is 0.127. The molecule has 0 saturated heterocycles. The fourth-order valence-electron chi connectivity index (χ4n) is 3.15. The van der Waals surface area contributed by atoms with Gasteiger partial charge in [-0.3, -0.25) is 4.79 Å². The first kappa shape index (κ1) is 22.4. The zero-order valence-electron chi connectivity index (χ0n) is 16.7. The van der Waals surface area contributed by atoms with Crippen LogP contribution >= 0.6 is 0 Å². The number of ether oxygens (including phenoxy) is 1. The van der Waals surface area contributed by atoms with Crippen molar-refractivity contribution >= 4 is 17.4 Å². The SMILES string of the molecule is O=CCCCOc1c(Cc2ccccc2)c(=O)n(CS(=O)O)c(=O)n1-c1ccccc1. The minimum Gasteiger partial charge on any atom is -0.478 e. The number of carbonyl (C=O) groups is 1. The van der Waals surface area contributed by atoms with E-state index in [0.29, 0.717) is 12.1 Å². The molecule has 3 aromatic rings. The van der Waals surface area contributed by atoms with Crippen LogP contribution < -0.4 is 16.0 Å². The highest BCUT2D eigenvalue weighted by Gasteiger charge is 2.22. The van der Waals surface area contributed by atoms with Crippen LogP contribution in [0.3, 0.4) is 0 Å². The van der Waals surface area contributed by atoms with E-state index in [-0.39, 0.29) is 30.9 Å². The fourth-order valence-corrected chi connectivity index (χ4v) is 3.60. The Morgan fingerprint density at radius 2 is 1.65 bits per heavy atom.